The topological polar surface area (TPSA) is 54.9 Å². The normalized spacial score (nSPS) is 17.7. The maximum Gasteiger partial charge on any atom is 0.191 e. The lowest BCUT2D eigenvalue weighted by Gasteiger charge is -2.13. The Balaban J connectivity index is 1.68. The molecule has 0 spiro atoms. The summed E-state index contributed by atoms with van der Waals surface area (Å²) in [5, 5.41) is 6.70. The molecule has 0 radical (unpaired) electrons. The zero-order chi connectivity index (χ0) is 17.7. The number of guanidine groups is 1. The highest BCUT2D eigenvalue weighted by Gasteiger charge is 2.15. The van der Waals surface area contributed by atoms with E-state index in [0.717, 1.165) is 64.7 Å². The van der Waals surface area contributed by atoms with E-state index in [0.29, 0.717) is 12.5 Å². The molecule has 2 N–H and O–H groups in total. The minimum Gasteiger partial charge on any atom is -0.381 e. The molecule has 0 saturated carbocycles. The van der Waals surface area contributed by atoms with Gasteiger partial charge < -0.3 is 20.1 Å². The summed E-state index contributed by atoms with van der Waals surface area (Å²) in [7, 11) is 0. The maximum atomic E-state index is 5.74. The molecule has 0 bridgehead atoms. The number of hydrogen-bond acceptors (Lipinski definition) is 3. The van der Waals surface area contributed by atoms with Crippen LogP contribution < -0.4 is 10.6 Å². The molecule has 1 aromatic rings. The van der Waals surface area contributed by atoms with Crippen molar-refractivity contribution >= 4 is 5.96 Å². The molecule has 1 atom stereocenters. The van der Waals surface area contributed by atoms with Crippen molar-refractivity contribution in [1.82, 2.24) is 10.6 Å². The van der Waals surface area contributed by atoms with E-state index in [-0.39, 0.29) is 0 Å². The van der Waals surface area contributed by atoms with Gasteiger partial charge in [-0.05, 0) is 37.3 Å². The number of ether oxygens (including phenoxy) is 2. The van der Waals surface area contributed by atoms with Crippen LogP contribution in [0.2, 0.25) is 0 Å². The Labute approximate surface area is 152 Å². The largest absolute Gasteiger partial charge is 0.381 e. The molecule has 5 heteroatoms. The molecule has 2 rings (SSSR count). The van der Waals surface area contributed by atoms with E-state index >= 15 is 0 Å². The Morgan fingerprint density at radius 1 is 1.24 bits per heavy atom. The van der Waals surface area contributed by atoms with Crippen LogP contribution in [-0.4, -0.2) is 45.5 Å². The van der Waals surface area contributed by atoms with Gasteiger partial charge in [-0.1, -0.05) is 31.2 Å². The highest BCUT2D eigenvalue weighted by atomic mass is 16.5. The maximum absolute atomic E-state index is 5.74. The molecule has 0 amide bonds. The van der Waals surface area contributed by atoms with Gasteiger partial charge in [0.2, 0.25) is 0 Å². The highest BCUT2D eigenvalue weighted by Crippen LogP contribution is 2.12. The van der Waals surface area contributed by atoms with Crippen molar-refractivity contribution in [3.05, 3.63) is 35.4 Å². The summed E-state index contributed by atoms with van der Waals surface area (Å²) in [6, 6.07) is 8.51. The van der Waals surface area contributed by atoms with Crippen LogP contribution in [-0.2, 0) is 22.4 Å². The molecule has 1 aromatic carbocycles. The molecule has 1 aliphatic heterocycles. The van der Waals surface area contributed by atoms with E-state index in [2.05, 4.69) is 48.7 Å². The lowest BCUT2D eigenvalue weighted by molar-refractivity contribution is 0.0888. The van der Waals surface area contributed by atoms with Crippen LogP contribution in [0.25, 0.3) is 0 Å². The molecular weight excluding hydrogens is 314 g/mol. The standard InChI is InChI=1S/C20H33N3O2/c1-3-18-8-5-6-9-19(18)14-23-20(21-4-2)22-11-7-12-24-15-17-10-13-25-16-17/h5-6,8-9,17H,3-4,7,10-16H2,1-2H3,(H2,21,22,23). The second-order valence-corrected chi connectivity index (χ2v) is 6.40. The van der Waals surface area contributed by atoms with Gasteiger partial charge in [0.25, 0.3) is 0 Å². The number of nitrogens with one attached hydrogen (secondary N) is 2. The molecule has 1 fully saturated rings. The Kier molecular flexibility index (Phi) is 9.37. The van der Waals surface area contributed by atoms with Crippen molar-refractivity contribution in [2.24, 2.45) is 10.9 Å². The monoisotopic (exact) mass is 347 g/mol. The van der Waals surface area contributed by atoms with Crippen LogP contribution in [0.1, 0.15) is 37.8 Å². The van der Waals surface area contributed by atoms with Crippen molar-refractivity contribution in [2.75, 3.05) is 39.5 Å². The lowest BCUT2D eigenvalue weighted by Crippen LogP contribution is -2.38. The quantitative estimate of drug-likeness (QED) is 0.388. The van der Waals surface area contributed by atoms with E-state index in [4.69, 9.17) is 14.5 Å². The van der Waals surface area contributed by atoms with Crippen LogP contribution in [0.3, 0.4) is 0 Å². The molecular formula is C20H33N3O2. The van der Waals surface area contributed by atoms with E-state index in [1.165, 1.54) is 11.1 Å². The second kappa shape index (κ2) is 11.9. The Bertz CT molecular complexity index is 513. The van der Waals surface area contributed by atoms with Gasteiger partial charge in [0.15, 0.2) is 5.96 Å². The second-order valence-electron chi connectivity index (χ2n) is 6.40. The lowest BCUT2D eigenvalue weighted by atomic mass is 10.1. The summed E-state index contributed by atoms with van der Waals surface area (Å²) < 4.78 is 11.1. The zero-order valence-corrected chi connectivity index (χ0v) is 15.7. The third-order valence-electron chi connectivity index (χ3n) is 4.39. The van der Waals surface area contributed by atoms with Gasteiger partial charge in [0.05, 0.1) is 19.8 Å². The highest BCUT2D eigenvalue weighted by molar-refractivity contribution is 5.79. The van der Waals surface area contributed by atoms with Crippen molar-refractivity contribution in [2.45, 2.75) is 39.7 Å². The first-order valence-electron chi connectivity index (χ1n) is 9.58. The average molecular weight is 348 g/mol. The van der Waals surface area contributed by atoms with Gasteiger partial charge in [-0.3, -0.25) is 0 Å². The summed E-state index contributed by atoms with van der Waals surface area (Å²) in [5.74, 6) is 1.46. The number of aliphatic imine (C=N–C) groups is 1. The predicted octanol–water partition coefficient (Wildman–Crippen LogP) is 2.75. The molecule has 0 aliphatic carbocycles. The van der Waals surface area contributed by atoms with Crippen molar-refractivity contribution in [3.63, 3.8) is 0 Å². The third kappa shape index (κ3) is 7.45. The van der Waals surface area contributed by atoms with E-state index in [1.54, 1.807) is 0 Å². The first-order chi connectivity index (χ1) is 12.3. The summed E-state index contributed by atoms with van der Waals surface area (Å²) in [5.41, 5.74) is 2.66. The number of benzene rings is 1. The van der Waals surface area contributed by atoms with Crippen molar-refractivity contribution in [3.8, 4) is 0 Å². The Hall–Kier alpha value is -1.59. The molecule has 5 nitrogen and oxygen atoms in total. The third-order valence-corrected chi connectivity index (χ3v) is 4.39. The minimum absolute atomic E-state index is 0.588. The first kappa shape index (κ1) is 19.7. The molecule has 25 heavy (non-hydrogen) atoms. The fraction of sp³-hybridized carbons (Fsp3) is 0.650. The molecule has 1 aliphatic rings. The predicted molar refractivity (Wildman–Crippen MR) is 103 cm³/mol. The number of aryl methyl sites for hydroxylation is 1. The first-order valence-corrected chi connectivity index (χ1v) is 9.58. The fourth-order valence-electron chi connectivity index (χ4n) is 2.91. The van der Waals surface area contributed by atoms with Crippen LogP contribution in [0.15, 0.2) is 29.3 Å². The van der Waals surface area contributed by atoms with Gasteiger partial charge in [-0.15, -0.1) is 0 Å². The summed E-state index contributed by atoms with van der Waals surface area (Å²) in [6.07, 6.45) is 3.15. The number of hydrogen-bond donors (Lipinski definition) is 2. The molecule has 140 valence electrons. The van der Waals surface area contributed by atoms with Gasteiger partial charge in [0.1, 0.15) is 0 Å². The van der Waals surface area contributed by atoms with Gasteiger partial charge in [0, 0.05) is 32.2 Å². The molecule has 1 heterocycles. The SMILES string of the molecule is CCNC(=NCc1ccccc1CC)NCCCOCC1CCOC1. The Morgan fingerprint density at radius 2 is 2.08 bits per heavy atom. The summed E-state index contributed by atoms with van der Waals surface area (Å²) in [6.45, 7) is 10.0. The van der Waals surface area contributed by atoms with Gasteiger partial charge in [-0.2, -0.15) is 0 Å². The molecule has 1 saturated heterocycles. The average Bonchev–Trinajstić information content (AvgIpc) is 3.16. The van der Waals surface area contributed by atoms with Crippen LogP contribution in [0.4, 0.5) is 0 Å². The number of rotatable bonds is 10. The van der Waals surface area contributed by atoms with Crippen LogP contribution in [0, 0.1) is 5.92 Å². The fourth-order valence-corrected chi connectivity index (χ4v) is 2.91. The molecule has 1 unspecified atom stereocenters. The van der Waals surface area contributed by atoms with Crippen molar-refractivity contribution in [1.29, 1.82) is 0 Å². The zero-order valence-electron chi connectivity index (χ0n) is 15.7. The van der Waals surface area contributed by atoms with E-state index < -0.39 is 0 Å². The van der Waals surface area contributed by atoms with Gasteiger partial charge in [-0.25, -0.2) is 4.99 Å². The molecule has 0 aromatic heterocycles. The smallest absolute Gasteiger partial charge is 0.191 e. The Morgan fingerprint density at radius 3 is 2.80 bits per heavy atom. The number of nitrogens with zero attached hydrogens (tertiary/aromatic N) is 1. The summed E-state index contributed by atoms with van der Waals surface area (Å²) in [4.78, 5) is 4.71. The van der Waals surface area contributed by atoms with Crippen molar-refractivity contribution < 1.29 is 9.47 Å². The van der Waals surface area contributed by atoms with Gasteiger partial charge >= 0.3 is 0 Å². The van der Waals surface area contributed by atoms with E-state index in [9.17, 15) is 0 Å². The summed E-state index contributed by atoms with van der Waals surface area (Å²) >= 11 is 0. The minimum atomic E-state index is 0.588. The van der Waals surface area contributed by atoms with Crippen LogP contribution >= 0.6 is 0 Å². The van der Waals surface area contributed by atoms with Crippen LogP contribution in [0.5, 0.6) is 0 Å². The van der Waals surface area contributed by atoms with E-state index in [1.807, 2.05) is 0 Å².